The smallest absolute Gasteiger partial charge is 0.411 e. The molecule has 0 aromatic heterocycles. The first-order valence-electron chi connectivity index (χ1n) is 5.95. The number of likely N-dealkylation sites (tertiary alicyclic amines) is 1. The number of halogens is 3. The van der Waals surface area contributed by atoms with Crippen molar-refractivity contribution in [2.75, 3.05) is 32.8 Å². The van der Waals surface area contributed by atoms with E-state index in [0.29, 0.717) is 13.1 Å². The molecule has 1 heterocycles. The number of carboxylic acid groups (broad SMARTS) is 1. The van der Waals surface area contributed by atoms with Crippen molar-refractivity contribution < 1.29 is 27.8 Å². The van der Waals surface area contributed by atoms with Gasteiger partial charge in [0.15, 0.2) is 0 Å². The minimum absolute atomic E-state index is 0.0271. The molecule has 1 aliphatic heterocycles. The Balaban J connectivity index is 2.16. The van der Waals surface area contributed by atoms with Gasteiger partial charge in [-0.2, -0.15) is 13.2 Å². The number of carboxylic acids is 1. The average molecular weight is 269 g/mol. The molecule has 1 N–H and O–H groups in total. The highest BCUT2D eigenvalue weighted by atomic mass is 19.4. The first-order chi connectivity index (χ1) is 8.37. The number of rotatable bonds is 6. The lowest BCUT2D eigenvalue weighted by Crippen LogP contribution is -2.38. The van der Waals surface area contributed by atoms with Crippen LogP contribution in [0.5, 0.6) is 0 Å². The highest BCUT2D eigenvalue weighted by Gasteiger charge is 2.27. The number of aliphatic carboxylic acids is 1. The summed E-state index contributed by atoms with van der Waals surface area (Å²) in [5.74, 6) is -0.728. The van der Waals surface area contributed by atoms with Gasteiger partial charge < -0.3 is 14.7 Å². The minimum Gasteiger partial charge on any atom is -0.481 e. The van der Waals surface area contributed by atoms with Gasteiger partial charge in [-0.3, -0.25) is 4.79 Å². The van der Waals surface area contributed by atoms with E-state index in [1.807, 2.05) is 4.90 Å². The summed E-state index contributed by atoms with van der Waals surface area (Å²) in [6.07, 6.45) is -2.41. The highest BCUT2D eigenvalue weighted by Crippen LogP contribution is 2.19. The molecule has 1 fully saturated rings. The van der Waals surface area contributed by atoms with Crippen LogP contribution in [0.4, 0.5) is 13.2 Å². The maximum Gasteiger partial charge on any atom is 0.411 e. The van der Waals surface area contributed by atoms with Crippen LogP contribution >= 0.6 is 0 Å². The second kappa shape index (κ2) is 6.94. The molecule has 1 atom stereocenters. The van der Waals surface area contributed by atoms with E-state index < -0.39 is 18.8 Å². The number of ether oxygens (including phenoxy) is 1. The van der Waals surface area contributed by atoms with Gasteiger partial charge in [0, 0.05) is 19.5 Å². The van der Waals surface area contributed by atoms with Gasteiger partial charge in [0.1, 0.15) is 6.61 Å². The minimum atomic E-state index is -4.28. The molecule has 0 saturated carbocycles. The Morgan fingerprint density at radius 3 is 2.78 bits per heavy atom. The van der Waals surface area contributed by atoms with E-state index in [2.05, 4.69) is 4.74 Å². The fourth-order valence-electron chi connectivity index (χ4n) is 2.15. The zero-order chi connectivity index (χ0) is 13.6. The molecule has 0 aromatic carbocycles. The van der Waals surface area contributed by atoms with Crippen molar-refractivity contribution in [3.8, 4) is 0 Å². The number of carbonyl (C=O) groups is 1. The van der Waals surface area contributed by atoms with E-state index in [4.69, 9.17) is 5.11 Å². The van der Waals surface area contributed by atoms with Crippen molar-refractivity contribution >= 4 is 5.97 Å². The quantitative estimate of drug-likeness (QED) is 0.746. The molecule has 4 nitrogen and oxygen atoms in total. The van der Waals surface area contributed by atoms with Crippen molar-refractivity contribution in [3.63, 3.8) is 0 Å². The average Bonchev–Trinajstić information content (AvgIpc) is 2.23. The van der Waals surface area contributed by atoms with Gasteiger partial charge in [-0.1, -0.05) is 0 Å². The first-order valence-corrected chi connectivity index (χ1v) is 5.95. The maximum atomic E-state index is 11.8. The van der Waals surface area contributed by atoms with Gasteiger partial charge in [-0.05, 0) is 25.3 Å². The molecule has 0 radical (unpaired) electrons. The third-order valence-corrected chi connectivity index (χ3v) is 2.88. The maximum absolute atomic E-state index is 11.8. The number of alkyl halides is 3. The molecule has 0 aromatic rings. The van der Waals surface area contributed by atoms with Crippen LogP contribution in [0.2, 0.25) is 0 Å². The second-order valence-corrected chi connectivity index (χ2v) is 4.57. The summed E-state index contributed by atoms with van der Waals surface area (Å²) in [7, 11) is 0. The van der Waals surface area contributed by atoms with E-state index in [1.165, 1.54) is 0 Å². The van der Waals surface area contributed by atoms with Crippen LogP contribution in [0.1, 0.15) is 19.3 Å². The molecule has 0 aliphatic carbocycles. The molecule has 1 rings (SSSR count). The van der Waals surface area contributed by atoms with E-state index in [9.17, 15) is 18.0 Å². The van der Waals surface area contributed by atoms with Gasteiger partial charge in [0.05, 0.1) is 6.61 Å². The predicted octanol–water partition coefficient (Wildman–Crippen LogP) is 1.75. The van der Waals surface area contributed by atoms with Crippen molar-refractivity contribution in [2.24, 2.45) is 5.92 Å². The molecule has 0 spiro atoms. The Hall–Kier alpha value is -0.820. The third-order valence-electron chi connectivity index (χ3n) is 2.88. The monoisotopic (exact) mass is 269 g/mol. The van der Waals surface area contributed by atoms with Crippen LogP contribution in [-0.2, 0) is 9.53 Å². The fraction of sp³-hybridized carbons (Fsp3) is 0.909. The SMILES string of the molecule is O=C(O)CC1CCCN(CCOCC(F)(F)F)C1. The summed E-state index contributed by atoms with van der Waals surface area (Å²) >= 11 is 0. The van der Waals surface area contributed by atoms with E-state index in [-0.39, 0.29) is 18.9 Å². The number of piperidine rings is 1. The van der Waals surface area contributed by atoms with Crippen molar-refractivity contribution in [1.29, 1.82) is 0 Å². The van der Waals surface area contributed by atoms with E-state index in [1.54, 1.807) is 0 Å². The van der Waals surface area contributed by atoms with Crippen LogP contribution in [0.25, 0.3) is 0 Å². The summed E-state index contributed by atoms with van der Waals surface area (Å²) in [6, 6.07) is 0. The van der Waals surface area contributed by atoms with Crippen molar-refractivity contribution in [2.45, 2.75) is 25.4 Å². The molecule has 18 heavy (non-hydrogen) atoms. The Labute approximate surface area is 104 Å². The Morgan fingerprint density at radius 2 is 2.17 bits per heavy atom. The van der Waals surface area contributed by atoms with Crippen LogP contribution in [0.3, 0.4) is 0 Å². The molecule has 1 aliphatic rings. The lowest BCUT2D eigenvalue weighted by atomic mass is 9.95. The zero-order valence-corrected chi connectivity index (χ0v) is 10.1. The third kappa shape index (κ3) is 6.80. The zero-order valence-electron chi connectivity index (χ0n) is 10.1. The van der Waals surface area contributed by atoms with Crippen LogP contribution in [-0.4, -0.2) is 55.0 Å². The Bertz CT molecular complexity index is 271. The van der Waals surface area contributed by atoms with Crippen LogP contribution in [0, 0.1) is 5.92 Å². The van der Waals surface area contributed by atoms with Gasteiger partial charge in [0.2, 0.25) is 0 Å². The number of nitrogens with zero attached hydrogens (tertiary/aromatic N) is 1. The molecular formula is C11H18F3NO3. The normalized spacial score (nSPS) is 22.1. The summed E-state index contributed by atoms with van der Waals surface area (Å²) in [5, 5.41) is 8.69. The fourth-order valence-corrected chi connectivity index (χ4v) is 2.15. The largest absolute Gasteiger partial charge is 0.481 e. The van der Waals surface area contributed by atoms with Crippen LogP contribution < -0.4 is 0 Å². The van der Waals surface area contributed by atoms with E-state index >= 15 is 0 Å². The molecule has 0 amide bonds. The Kier molecular flexibility index (Phi) is 5.87. The van der Waals surface area contributed by atoms with Gasteiger partial charge >= 0.3 is 12.1 Å². The number of hydrogen-bond donors (Lipinski definition) is 1. The van der Waals surface area contributed by atoms with Crippen LogP contribution in [0.15, 0.2) is 0 Å². The van der Waals surface area contributed by atoms with Gasteiger partial charge in [0.25, 0.3) is 0 Å². The summed E-state index contributed by atoms with van der Waals surface area (Å²) in [5.41, 5.74) is 0. The van der Waals surface area contributed by atoms with Crippen molar-refractivity contribution in [1.82, 2.24) is 4.90 Å². The molecule has 1 saturated heterocycles. The topological polar surface area (TPSA) is 49.8 Å². The first kappa shape index (κ1) is 15.2. The molecule has 0 bridgehead atoms. The van der Waals surface area contributed by atoms with Gasteiger partial charge in [-0.25, -0.2) is 0 Å². The van der Waals surface area contributed by atoms with Crippen molar-refractivity contribution in [3.05, 3.63) is 0 Å². The lowest BCUT2D eigenvalue weighted by molar-refractivity contribution is -0.174. The Morgan fingerprint density at radius 1 is 1.44 bits per heavy atom. The standard InChI is InChI=1S/C11H18F3NO3/c12-11(13,14)8-18-5-4-15-3-1-2-9(7-15)6-10(16)17/h9H,1-8H2,(H,16,17). The highest BCUT2D eigenvalue weighted by molar-refractivity contribution is 5.67. The molecule has 106 valence electrons. The summed E-state index contributed by atoms with van der Waals surface area (Å²) in [6.45, 7) is 0.651. The van der Waals surface area contributed by atoms with E-state index in [0.717, 1.165) is 19.4 Å². The predicted molar refractivity (Wildman–Crippen MR) is 58.3 cm³/mol. The second-order valence-electron chi connectivity index (χ2n) is 4.57. The lowest BCUT2D eigenvalue weighted by Gasteiger charge is -2.31. The summed E-state index contributed by atoms with van der Waals surface area (Å²) in [4.78, 5) is 12.5. The molecular weight excluding hydrogens is 251 g/mol. The summed E-state index contributed by atoms with van der Waals surface area (Å²) < 4.78 is 40.0. The molecule has 7 heteroatoms. The molecule has 1 unspecified atom stereocenters. The van der Waals surface area contributed by atoms with Gasteiger partial charge in [-0.15, -0.1) is 0 Å². The number of hydrogen-bond acceptors (Lipinski definition) is 3.